The normalized spacial score (nSPS) is 13.0. The van der Waals surface area contributed by atoms with Crippen LogP contribution < -0.4 is 10.6 Å². The summed E-state index contributed by atoms with van der Waals surface area (Å²) in [5.41, 5.74) is 1.15. The molecule has 0 spiro atoms. The molecular formula is C25H32N2O7. The molecule has 0 saturated carbocycles. The van der Waals surface area contributed by atoms with Crippen LogP contribution in [-0.2, 0) is 31.0 Å². The average molecular weight is 473 g/mol. The number of carboxylic acid groups (broad SMARTS) is 1. The lowest BCUT2D eigenvalue weighted by Gasteiger charge is -2.27. The summed E-state index contributed by atoms with van der Waals surface area (Å²) in [6, 6.07) is 11.6. The molecule has 2 rings (SSSR count). The number of carboxylic acids is 1. The van der Waals surface area contributed by atoms with E-state index in [2.05, 4.69) is 10.6 Å². The molecule has 0 radical (unpaired) electrons. The van der Waals surface area contributed by atoms with E-state index >= 15 is 0 Å². The number of phenols is 2. The summed E-state index contributed by atoms with van der Waals surface area (Å²) >= 11 is 0. The molecule has 5 N–H and O–H groups in total. The SMILES string of the molecule is COC(=O)[C@@H](Cc1ccccc1)NC(=O)[C@@H](CC(=O)O)NCCC(C)(C)c1ccc(O)c(O)c1. The number of nitrogens with one attached hydrogen (secondary N) is 2. The van der Waals surface area contributed by atoms with Crippen LogP contribution in [0.4, 0.5) is 0 Å². The second kappa shape index (κ2) is 12.0. The van der Waals surface area contributed by atoms with Gasteiger partial charge in [-0.15, -0.1) is 0 Å². The Kier molecular flexibility index (Phi) is 9.44. The lowest BCUT2D eigenvalue weighted by atomic mass is 9.81. The Morgan fingerprint density at radius 1 is 1.00 bits per heavy atom. The van der Waals surface area contributed by atoms with Crippen LogP contribution in [0.3, 0.4) is 0 Å². The van der Waals surface area contributed by atoms with E-state index in [9.17, 15) is 29.7 Å². The van der Waals surface area contributed by atoms with Gasteiger partial charge in [0.15, 0.2) is 11.5 Å². The summed E-state index contributed by atoms with van der Waals surface area (Å²) in [6.07, 6.45) is 0.243. The smallest absolute Gasteiger partial charge is 0.328 e. The highest BCUT2D eigenvalue weighted by Gasteiger charge is 2.29. The zero-order valence-corrected chi connectivity index (χ0v) is 19.6. The van der Waals surface area contributed by atoms with E-state index in [-0.39, 0.29) is 17.9 Å². The third-order valence-corrected chi connectivity index (χ3v) is 5.68. The van der Waals surface area contributed by atoms with Crippen molar-refractivity contribution in [1.82, 2.24) is 10.6 Å². The molecule has 2 aromatic carbocycles. The summed E-state index contributed by atoms with van der Waals surface area (Å²) < 4.78 is 4.81. The van der Waals surface area contributed by atoms with Crippen molar-refractivity contribution in [3.05, 3.63) is 59.7 Å². The second-order valence-corrected chi connectivity index (χ2v) is 8.72. The molecule has 0 fully saturated rings. The van der Waals surface area contributed by atoms with Gasteiger partial charge in [-0.25, -0.2) is 4.79 Å². The predicted molar refractivity (Wildman–Crippen MR) is 126 cm³/mol. The number of carbonyl (C=O) groups excluding carboxylic acids is 2. The van der Waals surface area contributed by atoms with Crippen molar-refractivity contribution < 1.29 is 34.4 Å². The van der Waals surface area contributed by atoms with Crippen molar-refractivity contribution in [2.24, 2.45) is 0 Å². The van der Waals surface area contributed by atoms with Crippen LogP contribution in [0.15, 0.2) is 48.5 Å². The third-order valence-electron chi connectivity index (χ3n) is 5.68. The molecule has 0 unspecified atom stereocenters. The van der Waals surface area contributed by atoms with E-state index < -0.39 is 41.8 Å². The van der Waals surface area contributed by atoms with Gasteiger partial charge in [0.1, 0.15) is 6.04 Å². The van der Waals surface area contributed by atoms with E-state index in [1.165, 1.54) is 19.2 Å². The van der Waals surface area contributed by atoms with Gasteiger partial charge >= 0.3 is 11.9 Å². The van der Waals surface area contributed by atoms with Gasteiger partial charge < -0.3 is 30.7 Å². The first kappa shape index (κ1) is 26.7. The minimum atomic E-state index is -1.16. The number of hydrogen-bond acceptors (Lipinski definition) is 7. The number of phenolic OH excluding ortho intramolecular Hbond substituents is 2. The maximum absolute atomic E-state index is 12.9. The lowest BCUT2D eigenvalue weighted by molar-refractivity contribution is -0.145. The number of methoxy groups -OCH3 is 1. The van der Waals surface area contributed by atoms with Crippen molar-refractivity contribution in [1.29, 1.82) is 0 Å². The average Bonchev–Trinajstić information content (AvgIpc) is 2.79. The van der Waals surface area contributed by atoms with E-state index in [4.69, 9.17) is 4.74 Å². The zero-order chi connectivity index (χ0) is 25.3. The molecule has 2 atom stereocenters. The van der Waals surface area contributed by atoms with Crippen LogP contribution in [0.5, 0.6) is 11.5 Å². The van der Waals surface area contributed by atoms with Crippen molar-refractivity contribution in [3.8, 4) is 11.5 Å². The number of carbonyl (C=O) groups is 3. The maximum Gasteiger partial charge on any atom is 0.328 e. The summed E-state index contributed by atoms with van der Waals surface area (Å²) in [4.78, 5) is 36.5. The monoisotopic (exact) mass is 472 g/mol. The fourth-order valence-electron chi connectivity index (χ4n) is 3.54. The maximum atomic E-state index is 12.9. The van der Waals surface area contributed by atoms with Gasteiger partial charge in [0.25, 0.3) is 0 Å². The van der Waals surface area contributed by atoms with Gasteiger partial charge in [-0.3, -0.25) is 9.59 Å². The molecule has 0 bridgehead atoms. The first-order chi connectivity index (χ1) is 16.0. The van der Waals surface area contributed by atoms with Gasteiger partial charge in [0, 0.05) is 6.42 Å². The molecule has 0 aliphatic carbocycles. The highest BCUT2D eigenvalue weighted by Crippen LogP contribution is 2.33. The molecule has 0 aliphatic heterocycles. The first-order valence-electron chi connectivity index (χ1n) is 10.9. The van der Waals surface area contributed by atoms with Gasteiger partial charge in [0.2, 0.25) is 5.91 Å². The number of hydrogen-bond donors (Lipinski definition) is 5. The second-order valence-electron chi connectivity index (χ2n) is 8.72. The number of benzene rings is 2. The molecular weight excluding hydrogens is 440 g/mol. The number of esters is 1. The van der Waals surface area contributed by atoms with Crippen molar-refractivity contribution in [2.75, 3.05) is 13.7 Å². The number of amides is 1. The number of rotatable bonds is 12. The molecule has 9 heteroatoms. The summed E-state index contributed by atoms with van der Waals surface area (Å²) in [6.45, 7) is 4.15. The van der Waals surface area contributed by atoms with Crippen LogP contribution in [0.25, 0.3) is 0 Å². The Morgan fingerprint density at radius 2 is 1.68 bits per heavy atom. The number of ether oxygens (including phenoxy) is 1. The van der Waals surface area contributed by atoms with E-state index in [1.807, 2.05) is 44.2 Å². The molecule has 34 heavy (non-hydrogen) atoms. The molecule has 0 aliphatic rings. The molecule has 0 heterocycles. The van der Waals surface area contributed by atoms with Gasteiger partial charge in [0.05, 0.1) is 19.6 Å². The molecule has 184 valence electrons. The largest absolute Gasteiger partial charge is 0.504 e. The van der Waals surface area contributed by atoms with E-state index in [0.717, 1.165) is 11.1 Å². The highest BCUT2D eigenvalue weighted by molar-refractivity contribution is 5.90. The zero-order valence-electron chi connectivity index (χ0n) is 19.6. The fourth-order valence-corrected chi connectivity index (χ4v) is 3.54. The van der Waals surface area contributed by atoms with Gasteiger partial charge in [-0.1, -0.05) is 50.2 Å². The van der Waals surface area contributed by atoms with Gasteiger partial charge in [-0.2, -0.15) is 0 Å². The quantitative estimate of drug-likeness (QED) is 0.233. The van der Waals surface area contributed by atoms with Crippen molar-refractivity contribution in [3.63, 3.8) is 0 Å². The predicted octanol–water partition coefficient (Wildman–Crippen LogP) is 2.10. The Bertz CT molecular complexity index is 992. The van der Waals surface area contributed by atoms with Crippen LogP contribution in [0.2, 0.25) is 0 Å². The Balaban J connectivity index is 2.06. The Morgan fingerprint density at radius 3 is 2.26 bits per heavy atom. The van der Waals surface area contributed by atoms with Gasteiger partial charge in [-0.05, 0) is 41.6 Å². The van der Waals surface area contributed by atoms with Crippen LogP contribution >= 0.6 is 0 Å². The van der Waals surface area contributed by atoms with Crippen LogP contribution in [0.1, 0.15) is 37.8 Å². The van der Waals surface area contributed by atoms with Crippen molar-refractivity contribution >= 4 is 17.8 Å². The van der Waals surface area contributed by atoms with Crippen LogP contribution in [-0.4, -0.2) is 58.9 Å². The minimum Gasteiger partial charge on any atom is -0.504 e. The standard InChI is InChI=1S/C25H32N2O7/c1-25(2,17-9-10-20(28)21(29)14-17)11-12-26-18(15-22(30)31)23(32)27-19(24(33)34-3)13-16-7-5-4-6-8-16/h4-10,14,18-19,26,28-29H,11-13,15H2,1-3H3,(H,27,32)(H,30,31)/t18-,19-/m1/s1. The summed E-state index contributed by atoms with van der Waals surface area (Å²) in [5.74, 6) is -2.85. The van der Waals surface area contributed by atoms with E-state index in [0.29, 0.717) is 13.0 Å². The van der Waals surface area contributed by atoms with Crippen molar-refractivity contribution in [2.45, 2.75) is 50.6 Å². The summed E-state index contributed by atoms with van der Waals surface area (Å²) in [7, 11) is 1.22. The van der Waals surface area contributed by atoms with Crippen LogP contribution in [0, 0.1) is 0 Å². The molecule has 9 nitrogen and oxygen atoms in total. The van der Waals surface area contributed by atoms with E-state index in [1.54, 1.807) is 6.07 Å². The number of aromatic hydroxyl groups is 2. The minimum absolute atomic E-state index is 0.205. The third kappa shape index (κ3) is 7.77. The number of aliphatic carboxylic acids is 1. The molecule has 1 amide bonds. The topological polar surface area (TPSA) is 145 Å². The lowest BCUT2D eigenvalue weighted by Crippen LogP contribution is -2.52. The fraction of sp³-hybridized carbons (Fsp3) is 0.400. The molecule has 0 saturated heterocycles. The summed E-state index contributed by atoms with van der Waals surface area (Å²) in [5, 5.41) is 34.2. The Labute approximate surface area is 198 Å². The first-order valence-corrected chi connectivity index (χ1v) is 10.9. The highest BCUT2D eigenvalue weighted by atomic mass is 16.5. The molecule has 2 aromatic rings. The molecule has 0 aromatic heterocycles. The Hall–Kier alpha value is -3.59.